The van der Waals surface area contributed by atoms with Crippen molar-refractivity contribution in [2.75, 3.05) is 33.3 Å². The van der Waals surface area contributed by atoms with Gasteiger partial charge in [0.05, 0.1) is 0 Å². The fraction of sp³-hybridized carbons (Fsp3) is 0.727. The number of nitrogens with zero attached hydrogens (tertiary/aromatic N) is 2. The zero-order valence-corrected chi connectivity index (χ0v) is 10.5. The summed E-state index contributed by atoms with van der Waals surface area (Å²) in [6, 6.07) is -0.305. The number of hydrogen-bond donors (Lipinski definition) is 2. The normalized spacial score (nSPS) is 15.4. The SMILES string of the molecule is CN1CC(=O)N(CCCC(=O)NCCCO)C1=O. The number of rotatable bonds is 7. The van der Waals surface area contributed by atoms with Gasteiger partial charge in [-0.2, -0.15) is 0 Å². The van der Waals surface area contributed by atoms with Crippen LogP contribution in [0, 0.1) is 0 Å². The van der Waals surface area contributed by atoms with Gasteiger partial charge in [0.2, 0.25) is 11.8 Å². The van der Waals surface area contributed by atoms with Gasteiger partial charge in [-0.1, -0.05) is 0 Å². The monoisotopic (exact) mass is 257 g/mol. The van der Waals surface area contributed by atoms with E-state index in [0.717, 1.165) is 0 Å². The van der Waals surface area contributed by atoms with Crippen LogP contribution in [0.5, 0.6) is 0 Å². The molecular formula is C11H19N3O4. The van der Waals surface area contributed by atoms with E-state index in [0.29, 0.717) is 19.4 Å². The molecular weight excluding hydrogens is 238 g/mol. The minimum absolute atomic E-state index is 0.0450. The predicted octanol–water partition coefficient (Wildman–Crippen LogP) is -0.841. The van der Waals surface area contributed by atoms with Gasteiger partial charge in [-0.25, -0.2) is 4.79 Å². The molecule has 1 rings (SSSR count). The predicted molar refractivity (Wildman–Crippen MR) is 63.7 cm³/mol. The van der Waals surface area contributed by atoms with Crippen molar-refractivity contribution in [1.29, 1.82) is 0 Å². The van der Waals surface area contributed by atoms with Crippen molar-refractivity contribution in [1.82, 2.24) is 15.1 Å². The fourth-order valence-electron chi connectivity index (χ4n) is 1.68. The van der Waals surface area contributed by atoms with Crippen LogP contribution >= 0.6 is 0 Å². The number of hydrogen-bond acceptors (Lipinski definition) is 4. The molecule has 1 saturated heterocycles. The summed E-state index contributed by atoms with van der Waals surface area (Å²) >= 11 is 0. The quantitative estimate of drug-likeness (QED) is 0.459. The van der Waals surface area contributed by atoms with E-state index in [-0.39, 0.29) is 44.0 Å². The van der Waals surface area contributed by atoms with Crippen LogP contribution in [0.15, 0.2) is 0 Å². The zero-order valence-electron chi connectivity index (χ0n) is 10.5. The Morgan fingerprint density at radius 1 is 1.39 bits per heavy atom. The Bertz CT molecular complexity index is 332. The first-order valence-corrected chi connectivity index (χ1v) is 5.99. The second-order valence-electron chi connectivity index (χ2n) is 4.21. The van der Waals surface area contributed by atoms with Gasteiger partial charge in [-0.15, -0.1) is 0 Å². The molecule has 2 N–H and O–H groups in total. The second-order valence-corrected chi connectivity index (χ2v) is 4.21. The molecule has 0 atom stereocenters. The first kappa shape index (κ1) is 14.4. The van der Waals surface area contributed by atoms with E-state index < -0.39 is 0 Å². The molecule has 7 nitrogen and oxygen atoms in total. The Labute approximate surface area is 106 Å². The van der Waals surface area contributed by atoms with Crippen molar-refractivity contribution in [2.24, 2.45) is 0 Å². The number of aliphatic hydroxyl groups excluding tert-OH is 1. The molecule has 7 heteroatoms. The number of nitrogens with one attached hydrogen (secondary N) is 1. The van der Waals surface area contributed by atoms with Gasteiger partial charge in [-0.3, -0.25) is 14.5 Å². The summed E-state index contributed by atoms with van der Waals surface area (Å²) in [5, 5.41) is 11.2. The van der Waals surface area contributed by atoms with Crippen LogP contribution in [0.2, 0.25) is 0 Å². The Balaban J connectivity index is 2.19. The van der Waals surface area contributed by atoms with E-state index in [4.69, 9.17) is 5.11 Å². The van der Waals surface area contributed by atoms with E-state index in [1.54, 1.807) is 7.05 Å². The average molecular weight is 257 g/mol. The van der Waals surface area contributed by atoms with E-state index in [1.807, 2.05) is 0 Å². The number of likely N-dealkylation sites (N-methyl/N-ethyl adjacent to an activating group) is 1. The summed E-state index contributed by atoms with van der Waals surface area (Å²) in [7, 11) is 1.57. The smallest absolute Gasteiger partial charge is 0.326 e. The molecule has 18 heavy (non-hydrogen) atoms. The number of imide groups is 1. The Morgan fingerprint density at radius 2 is 2.11 bits per heavy atom. The number of amides is 4. The molecule has 102 valence electrons. The lowest BCUT2D eigenvalue weighted by Crippen LogP contribution is -2.33. The Morgan fingerprint density at radius 3 is 2.67 bits per heavy atom. The van der Waals surface area contributed by atoms with E-state index in [1.165, 1.54) is 9.80 Å². The van der Waals surface area contributed by atoms with Gasteiger partial charge in [0.25, 0.3) is 0 Å². The van der Waals surface area contributed by atoms with E-state index in [2.05, 4.69) is 5.32 Å². The zero-order chi connectivity index (χ0) is 13.5. The molecule has 0 aromatic heterocycles. The molecule has 1 fully saturated rings. The van der Waals surface area contributed by atoms with E-state index >= 15 is 0 Å². The molecule has 1 aliphatic heterocycles. The molecule has 1 heterocycles. The number of carbonyl (C=O) groups excluding carboxylic acids is 3. The second kappa shape index (κ2) is 6.95. The molecule has 0 unspecified atom stereocenters. The minimum atomic E-state index is -0.305. The molecule has 0 bridgehead atoms. The molecule has 0 spiro atoms. The molecule has 0 aromatic rings. The van der Waals surface area contributed by atoms with Crippen molar-refractivity contribution in [3.8, 4) is 0 Å². The van der Waals surface area contributed by atoms with Gasteiger partial charge >= 0.3 is 6.03 Å². The third-order valence-corrected chi connectivity index (χ3v) is 2.67. The standard InChI is InChI=1S/C11H19N3O4/c1-13-8-10(17)14(11(13)18)6-2-4-9(16)12-5-3-7-15/h15H,2-8H2,1H3,(H,12,16). The third kappa shape index (κ3) is 3.99. The van der Waals surface area contributed by atoms with Crippen LogP contribution in [-0.2, 0) is 9.59 Å². The lowest BCUT2D eigenvalue weighted by molar-refractivity contribution is -0.126. The summed E-state index contributed by atoms with van der Waals surface area (Å²) in [5.74, 6) is -0.348. The van der Waals surface area contributed by atoms with Crippen LogP contribution in [0.3, 0.4) is 0 Å². The Kier molecular flexibility index (Phi) is 5.57. The van der Waals surface area contributed by atoms with Crippen LogP contribution in [0.1, 0.15) is 19.3 Å². The van der Waals surface area contributed by atoms with Crippen molar-refractivity contribution < 1.29 is 19.5 Å². The van der Waals surface area contributed by atoms with E-state index in [9.17, 15) is 14.4 Å². The molecule has 0 aromatic carbocycles. The maximum Gasteiger partial charge on any atom is 0.326 e. The van der Waals surface area contributed by atoms with Gasteiger partial charge in [0, 0.05) is 33.2 Å². The fourth-order valence-corrected chi connectivity index (χ4v) is 1.68. The maximum absolute atomic E-state index is 11.5. The molecule has 0 aliphatic carbocycles. The highest BCUT2D eigenvalue weighted by molar-refractivity contribution is 6.01. The van der Waals surface area contributed by atoms with Crippen molar-refractivity contribution in [3.63, 3.8) is 0 Å². The third-order valence-electron chi connectivity index (χ3n) is 2.67. The van der Waals surface area contributed by atoms with Crippen LogP contribution in [0.25, 0.3) is 0 Å². The maximum atomic E-state index is 11.5. The van der Waals surface area contributed by atoms with Crippen molar-refractivity contribution >= 4 is 17.8 Å². The summed E-state index contributed by atoms with van der Waals surface area (Å²) in [4.78, 5) is 36.8. The number of urea groups is 1. The lowest BCUT2D eigenvalue weighted by Gasteiger charge is -2.13. The molecule has 0 saturated carbocycles. The minimum Gasteiger partial charge on any atom is -0.396 e. The van der Waals surface area contributed by atoms with Gasteiger partial charge in [0.1, 0.15) is 6.54 Å². The molecule has 4 amide bonds. The number of aliphatic hydroxyl groups is 1. The van der Waals surface area contributed by atoms with Gasteiger partial charge < -0.3 is 15.3 Å². The average Bonchev–Trinajstić information content (AvgIpc) is 2.56. The highest BCUT2D eigenvalue weighted by Gasteiger charge is 2.32. The largest absolute Gasteiger partial charge is 0.396 e. The summed E-state index contributed by atoms with van der Waals surface area (Å²) in [5.41, 5.74) is 0. The first-order valence-electron chi connectivity index (χ1n) is 5.99. The molecule has 1 aliphatic rings. The Hall–Kier alpha value is -1.63. The van der Waals surface area contributed by atoms with Crippen molar-refractivity contribution in [2.45, 2.75) is 19.3 Å². The topological polar surface area (TPSA) is 90.0 Å². The van der Waals surface area contributed by atoms with Crippen LogP contribution < -0.4 is 5.32 Å². The van der Waals surface area contributed by atoms with Gasteiger partial charge in [-0.05, 0) is 12.8 Å². The molecule has 0 radical (unpaired) electrons. The summed E-state index contributed by atoms with van der Waals surface area (Å²) in [6.07, 6.45) is 1.25. The first-order chi connectivity index (χ1) is 8.56. The van der Waals surface area contributed by atoms with Crippen molar-refractivity contribution in [3.05, 3.63) is 0 Å². The summed E-state index contributed by atoms with van der Waals surface area (Å²) < 4.78 is 0. The van der Waals surface area contributed by atoms with Gasteiger partial charge in [0.15, 0.2) is 0 Å². The lowest BCUT2D eigenvalue weighted by atomic mass is 10.2. The highest BCUT2D eigenvalue weighted by atomic mass is 16.3. The van der Waals surface area contributed by atoms with Crippen LogP contribution in [0.4, 0.5) is 4.79 Å². The van der Waals surface area contributed by atoms with Crippen LogP contribution in [-0.4, -0.2) is 66.0 Å². The number of carbonyl (C=O) groups is 3. The highest BCUT2D eigenvalue weighted by Crippen LogP contribution is 2.08. The summed E-state index contributed by atoms with van der Waals surface area (Å²) in [6.45, 7) is 0.875.